The predicted molar refractivity (Wildman–Crippen MR) is 90.3 cm³/mol. The van der Waals surface area contributed by atoms with Gasteiger partial charge in [0.2, 0.25) is 0 Å². The number of fused-ring (bicyclic) bond motifs is 1. The third kappa shape index (κ3) is 2.95. The molecule has 0 fully saturated rings. The Bertz CT molecular complexity index is 829. The van der Waals surface area contributed by atoms with Gasteiger partial charge in [-0.25, -0.2) is 8.42 Å². The van der Waals surface area contributed by atoms with E-state index in [2.05, 4.69) is 20.7 Å². The minimum absolute atomic E-state index is 0.204. The van der Waals surface area contributed by atoms with E-state index in [4.69, 9.17) is 16.3 Å². The molecule has 7 heteroatoms. The molecule has 0 bridgehead atoms. The fraction of sp³-hybridized carbons (Fsp3) is 0.200. The minimum Gasteiger partial charge on any atom is -0.493 e. The first-order valence-electron chi connectivity index (χ1n) is 6.61. The molecule has 0 unspecified atom stereocenters. The van der Waals surface area contributed by atoms with Crippen LogP contribution in [0.5, 0.6) is 5.75 Å². The highest BCUT2D eigenvalue weighted by Gasteiger charge is 2.21. The van der Waals surface area contributed by atoms with Crippen LogP contribution in [-0.4, -0.2) is 15.0 Å². The molecule has 0 spiro atoms. The number of hydrogen-bond acceptors (Lipinski definition) is 3. The quantitative estimate of drug-likeness (QED) is 0.839. The largest absolute Gasteiger partial charge is 0.493 e. The lowest BCUT2D eigenvalue weighted by Gasteiger charge is -2.13. The zero-order valence-electron chi connectivity index (χ0n) is 11.7. The second-order valence-corrected chi connectivity index (χ2v) is 8.06. The van der Waals surface area contributed by atoms with Gasteiger partial charge in [0.15, 0.2) is 0 Å². The highest BCUT2D eigenvalue weighted by Crippen LogP contribution is 2.33. The summed E-state index contributed by atoms with van der Waals surface area (Å²) >= 11 is 9.48. The minimum atomic E-state index is -3.70. The highest BCUT2D eigenvalue weighted by atomic mass is 79.9. The van der Waals surface area contributed by atoms with Crippen LogP contribution in [0, 0.1) is 6.92 Å². The molecular weight excluding hydrogens is 390 g/mol. The van der Waals surface area contributed by atoms with E-state index in [0.717, 1.165) is 27.8 Å². The van der Waals surface area contributed by atoms with Crippen molar-refractivity contribution in [2.45, 2.75) is 18.2 Å². The molecule has 1 N–H and O–H groups in total. The molecule has 3 rings (SSSR count). The molecule has 1 aliphatic rings. The number of hydrogen-bond donors (Lipinski definition) is 1. The van der Waals surface area contributed by atoms with Crippen molar-refractivity contribution in [1.82, 2.24) is 0 Å². The summed E-state index contributed by atoms with van der Waals surface area (Å²) in [6.07, 6.45) is 0.719. The Labute approximate surface area is 142 Å². The maximum atomic E-state index is 12.6. The van der Waals surface area contributed by atoms with Gasteiger partial charge in [-0.3, -0.25) is 4.72 Å². The number of ether oxygens (including phenoxy) is 1. The van der Waals surface area contributed by atoms with Crippen LogP contribution in [0.25, 0.3) is 0 Å². The molecular formula is C15H13BrClNO3S. The molecule has 0 atom stereocenters. The van der Waals surface area contributed by atoms with Gasteiger partial charge in [0, 0.05) is 10.9 Å². The van der Waals surface area contributed by atoms with Crippen molar-refractivity contribution in [2.24, 2.45) is 0 Å². The van der Waals surface area contributed by atoms with Gasteiger partial charge in [0.25, 0.3) is 10.0 Å². The lowest BCUT2D eigenvalue weighted by molar-refractivity contribution is 0.356. The van der Waals surface area contributed by atoms with Crippen molar-refractivity contribution in [3.8, 4) is 5.75 Å². The number of sulfonamides is 1. The number of halogens is 2. The average Bonchev–Trinajstić information content (AvgIpc) is 2.90. The first kappa shape index (κ1) is 15.6. The van der Waals surface area contributed by atoms with Crippen molar-refractivity contribution < 1.29 is 13.2 Å². The van der Waals surface area contributed by atoms with Crippen LogP contribution in [0.2, 0.25) is 5.02 Å². The molecule has 2 aromatic rings. The van der Waals surface area contributed by atoms with E-state index >= 15 is 0 Å². The fourth-order valence-corrected chi connectivity index (χ4v) is 4.63. The lowest BCUT2D eigenvalue weighted by atomic mass is 10.2. The maximum absolute atomic E-state index is 12.6. The Balaban J connectivity index is 1.98. The molecule has 0 aliphatic carbocycles. The van der Waals surface area contributed by atoms with Gasteiger partial charge >= 0.3 is 0 Å². The topological polar surface area (TPSA) is 55.4 Å². The smallest absolute Gasteiger partial charge is 0.261 e. The van der Waals surface area contributed by atoms with Crippen molar-refractivity contribution >= 4 is 43.2 Å². The van der Waals surface area contributed by atoms with E-state index in [1.165, 1.54) is 6.07 Å². The van der Waals surface area contributed by atoms with Gasteiger partial charge in [-0.1, -0.05) is 27.5 Å². The van der Waals surface area contributed by atoms with E-state index in [1.54, 1.807) is 31.2 Å². The number of nitrogens with one attached hydrogen (secondary N) is 1. The predicted octanol–water partition coefficient (Wildman–Crippen LogP) is 4.15. The van der Waals surface area contributed by atoms with Gasteiger partial charge in [0.05, 0.1) is 22.2 Å². The van der Waals surface area contributed by atoms with Crippen molar-refractivity contribution in [1.29, 1.82) is 0 Å². The number of benzene rings is 2. The summed E-state index contributed by atoms with van der Waals surface area (Å²) in [6.45, 7) is 2.38. The SMILES string of the molecule is Cc1cc(Br)cc(Cl)c1NS(=O)(=O)c1ccc2c(c1)CCO2. The third-order valence-corrected chi connectivity index (χ3v) is 5.56. The highest BCUT2D eigenvalue weighted by molar-refractivity contribution is 9.10. The van der Waals surface area contributed by atoms with E-state index in [1.807, 2.05) is 0 Å². The Kier molecular flexibility index (Phi) is 4.09. The van der Waals surface area contributed by atoms with Gasteiger partial charge in [-0.2, -0.15) is 0 Å². The van der Waals surface area contributed by atoms with Crippen LogP contribution < -0.4 is 9.46 Å². The number of rotatable bonds is 3. The summed E-state index contributed by atoms with van der Waals surface area (Å²) in [5.41, 5.74) is 2.04. The molecule has 0 aromatic heterocycles. The van der Waals surface area contributed by atoms with Gasteiger partial charge < -0.3 is 4.74 Å². The summed E-state index contributed by atoms with van der Waals surface area (Å²) in [5.74, 6) is 0.747. The van der Waals surface area contributed by atoms with Gasteiger partial charge in [-0.05, 0) is 48.4 Å². The molecule has 0 radical (unpaired) electrons. The molecule has 1 heterocycles. The Morgan fingerprint density at radius 2 is 2.05 bits per heavy atom. The number of anilines is 1. The molecule has 2 aromatic carbocycles. The third-order valence-electron chi connectivity index (χ3n) is 3.46. The first-order chi connectivity index (χ1) is 10.4. The molecule has 1 aliphatic heterocycles. The Morgan fingerprint density at radius 3 is 2.77 bits per heavy atom. The zero-order valence-corrected chi connectivity index (χ0v) is 14.8. The summed E-state index contributed by atoms with van der Waals surface area (Å²) in [4.78, 5) is 0.204. The molecule has 22 heavy (non-hydrogen) atoms. The molecule has 0 saturated carbocycles. The maximum Gasteiger partial charge on any atom is 0.261 e. The van der Waals surface area contributed by atoms with Crippen LogP contribution in [0.4, 0.5) is 5.69 Å². The summed E-state index contributed by atoms with van der Waals surface area (Å²) in [7, 11) is -3.70. The van der Waals surface area contributed by atoms with Gasteiger partial charge in [0.1, 0.15) is 5.75 Å². The summed E-state index contributed by atoms with van der Waals surface area (Å²) in [5, 5.41) is 0.347. The van der Waals surface area contributed by atoms with Crippen LogP contribution in [0.1, 0.15) is 11.1 Å². The van der Waals surface area contributed by atoms with Crippen LogP contribution in [0.15, 0.2) is 39.7 Å². The average molecular weight is 403 g/mol. The van der Waals surface area contributed by atoms with Crippen molar-refractivity contribution in [3.63, 3.8) is 0 Å². The standard InChI is InChI=1S/C15H13BrClNO3S/c1-9-6-11(16)8-13(17)15(9)18-22(19,20)12-2-3-14-10(7-12)4-5-21-14/h2-3,6-8,18H,4-5H2,1H3. The normalized spacial score (nSPS) is 13.6. The lowest BCUT2D eigenvalue weighted by Crippen LogP contribution is -2.14. The van der Waals surface area contributed by atoms with Crippen LogP contribution in [0.3, 0.4) is 0 Å². The van der Waals surface area contributed by atoms with E-state index in [0.29, 0.717) is 17.3 Å². The Morgan fingerprint density at radius 1 is 1.27 bits per heavy atom. The first-order valence-corrected chi connectivity index (χ1v) is 9.26. The van der Waals surface area contributed by atoms with Crippen molar-refractivity contribution in [2.75, 3.05) is 11.3 Å². The molecule has 0 saturated heterocycles. The molecule has 116 valence electrons. The Hall–Kier alpha value is -1.24. The summed E-state index contributed by atoms with van der Waals surface area (Å²) in [6, 6.07) is 8.33. The van der Waals surface area contributed by atoms with E-state index in [-0.39, 0.29) is 4.90 Å². The van der Waals surface area contributed by atoms with E-state index in [9.17, 15) is 8.42 Å². The zero-order chi connectivity index (χ0) is 15.9. The summed E-state index contributed by atoms with van der Waals surface area (Å²) < 4.78 is 33.9. The molecule has 0 amide bonds. The van der Waals surface area contributed by atoms with Crippen LogP contribution in [-0.2, 0) is 16.4 Å². The monoisotopic (exact) mass is 401 g/mol. The van der Waals surface area contributed by atoms with Crippen molar-refractivity contribution in [3.05, 3.63) is 51.0 Å². The van der Waals surface area contributed by atoms with Gasteiger partial charge in [-0.15, -0.1) is 0 Å². The molecule has 4 nitrogen and oxygen atoms in total. The number of aryl methyl sites for hydroxylation is 1. The van der Waals surface area contributed by atoms with Crippen LogP contribution >= 0.6 is 27.5 Å². The second-order valence-electron chi connectivity index (χ2n) is 5.05. The second kappa shape index (κ2) is 5.76. The fourth-order valence-electron chi connectivity index (χ4n) is 2.35. The van der Waals surface area contributed by atoms with E-state index < -0.39 is 10.0 Å².